The van der Waals surface area contributed by atoms with Crippen molar-refractivity contribution in [2.24, 2.45) is 0 Å². The second kappa shape index (κ2) is 4.03. The molecule has 2 N–H and O–H groups in total. The zero-order valence-electron chi connectivity index (χ0n) is 8.79. The van der Waals surface area contributed by atoms with Crippen LogP contribution in [0.1, 0.15) is 40.4 Å². The van der Waals surface area contributed by atoms with Crippen molar-refractivity contribution in [3.05, 3.63) is 34.9 Å². The number of aryl methyl sites for hydroxylation is 1. The summed E-state index contributed by atoms with van der Waals surface area (Å²) in [6, 6.07) is 6.04. The van der Waals surface area contributed by atoms with Gasteiger partial charge in [-0.1, -0.05) is 12.1 Å². The van der Waals surface area contributed by atoms with Crippen molar-refractivity contribution in [2.75, 3.05) is 6.54 Å². The van der Waals surface area contributed by atoms with Gasteiger partial charge in [0.15, 0.2) is 0 Å². The number of aromatic carboxylic acids is 1. The van der Waals surface area contributed by atoms with Gasteiger partial charge in [0.25, 0.3) is 0 Å². The smallest absolute Gasteiger partial charge is 0.335 e. The molecule has 1 aromatic rings. The van der Waals surface area contributed by atoms with E-state index in [9.17, 15) is 4.79 Å². The quantitative estimate of drug-likeness (QED) is 0.777. The van der Waals surface area contributed by atoms with Gasteiger partial charge in [0.2, 0.25) is 0 Å². The van der Waals surface area contributed by atoms with Crippen molar-refractivity contribution in [2.45, 2.75) is 25.8 Å². The van der Waals surface area contributed by atoms with Crippen LogP contribution in [0.3, 0.4) is 0 Å². The fourth-order valence-corrected chi connectivity index (χ4v) is 2.06. The molecular formula is C12H15NO2. The van der Waals surface area contributed by atoms with Gasteiger partial charge in [-0.2, -0.15) is 0 Å². The number of rotatable bonds is 2. The van der Waals surface area contributed by atoms with Crippen LogP contribution in [0, 0.1) is 6.92 Å². The van der Waals surface area contributed by atoms with Crippen molar-refractivity contribution in [3.8, 4) is 0 Å². The van der Waals surface area contributed by atoms with E-state index in [1.807, 2.05) is 19.1 Å². The molecule has 1 fully saturated rings. The average Bonchev–Trinajstić information content (AvgIpc) is 2.71. The Balaban J connectivity index is 2.33. The lowest BCUT2D eigenvalue weighted by molar-refractivity contribution is 0.0696. The van der Waals surface area contributed by atoms with Crippen molar-refractivity contribution < 1.29 is 9.90 Å². The fourth-order valence-electron chi connectivity index (χ4n) is 2.06. The Hall–Kier alpha value is -1.35. The van der Waals surface area contributed by atoms with Crippen LogP contribution in [0.2, 0.25) is 0 Å². The van der Waals surface area contributed by atoms with E-state index < -0.39 is 5.97 Å². The van der Waals surface area contributed by atoms with E-state index in [1.165, 1.54) is 6.42 Å². The maximum atomic E-state index is 11.0. The minimum absolute atomic E-state index is 0.337. The van der Waals surface area contributed by atoms with Crippen LogP contribution in [0.15, 0.2) is 18.2 Å². The molecule has 0 saturated carbocycles. The van der Waals surface area contributed by atoms with Gasteiger partial charge >= 0.3 is 5.97 Å². The molecule has 2 rings (SSSR count). The molecule has 1 aliphatic rings. The highest BCUT2D eigenvalue weighted by molar-refractivity contribution is 5.89. The molecule has 1 aromatic carbocycles. The largest absolute Gasteiger partial charge is 0.478 e. The second-order valence-corrected chi connectivity index (χ2v) is 4.03. The number of hydrogen-bond acceptors (Lipinski definition) is 2. The van der Waals surface area contributed by atoms with E-state index in [-0.39, 0.29) is 0 Å². The summed E-state index contributed by atoms with van der Waals surface area (Å²) in [7, 11) is 0. The third-order valence-electron chi connectivity index (χ3n) is 2.95. The lowest BCUT2D eigenvalue weighted by atomic mass is 9.99. The molecule has 80 valence electrons. The fraction of sp³-hybridized carbons (Fsp3) is 0.417. The highest BCUT2D eigenvalue weighted by Crippen LogP contribution is 2.24. The monoisotopic (exact) mass is 205 g/mol. The Kier molecular flexibility index (Phi) is 2.73. The van der Waals surface area contributed by atoms with Crippen molar-refractivity contribution in [1.82, 2.24) is 5.32 Å². The zero-order chi connectivity index (χ0) is 10.8. The average molecular weight is 205 g/mol. The predicted octanol–water partition coefficient (Wildman–Crippen LogP) is 2.12. The number of benzene rings is 1. The minimum Gasteiger partial charge on any atom is -0.478 e. The zero-order valence-corrected chi connectivity index (χ0v) is 8.79. The Morgan fingerprint density at radius 3 is 2.93 bits per heavy atom. The molecule has 0 bridgehead atoms. The van der Waals surface area contributed by atoms with E-state index in [0.29, 0.717) is 11.6 Å². The second-order valence-electron chi connectivity index (χ2n) is 4.03. The van der Waals surface area contributed by atoms with E-state index >= 15 is 0 Å². The normalized spacial score (nSPS) is 20.5. The summed E-state index contributed by atoms with van der Waals surface area (Å²) in [5.74, 6) is -0.840. The highest BCUT2D eigenvalue weighted by Gasteiger charge is 2.18. The predicted molar refractivity (Wildman–Crippen MR) is 58.1 cm³/mol. The van der Waals surface area contributed by atoms with Crippen molar-refractivity contribution >= 4 is 5.97 Å². The number of hydrogen-bond donors (Lipinski definition) is 2. The van der Waals surface area contributed by atoms with Gasteiger partial charge in [-0.3, -0.25) is 0 Å². The third kappa shape index (κ3) is 2.02. The first-order valence-electron chi connectivity index (χ1n) is 5.25. The highest BCUT2D eigenvalue weighted by atomic mass is 16.4. The van der Waals surface area contributed by atoms with Gasteiger partial charge in [-0.05, 0) is 43.5 Å². The van der Waals surface area contributed by atoms with Crippen LogP contribution >= 0.6 is 0 Å². The molecule has 3 heteroatoms. The number of carboxylic acid groups (broad SMARTS) is 1. The summed E-state index contributed by atoms with van der Waals surface area (Å²) in [5, 5.41) is 12.4. The molecule has 0 unspecified atom stereocenters. The molecule has 1 atom stereocenters. The lowest BCUT2D eigenvalue weighted by Crippen LogP contribution is -2.13. The maximum absolute atomic E-state index is 11.0. The standard InChI is InChI=1S/C12H15NO2/c1-8-4-5-9(7-10(8)12(14)15)11-3-2-6-13-11/h4-5,7,11,13H,2-3,6H2,1H3,(H,14,15)/t11-/m0/s1. The molecule has 0 amide bonds. The van der Waals surface area contributed by atoms with Gasteiger partial charge in [-0.15, -0.1) is 0 Å². The van der Waals surface area contributed by atoms with Gasteiger partial charge in [-0.25, -0.2) is 4.79 Å². The lowest BCUT2D eigenvalue weighted by Gasteiger charge is -2.12. The molecule has 0 aromatic heterocycles. The summed E-state index contributed by atoms with van der Waals surface area (Å²) in [6.45, 7) is 2.86. The molecular weight excluding hydrogens is 190 g/mol. The van der Waals surface area contributed by atoms with E-state index in [1.54, 1.807) is 6.07 Å². The van der Waals surface area contributed by atoms with Crippen LogP contribution < -0.4 is 5.32 Å². The molecule has 15 heavy (non-hydrogen) atoms. The summed E-state index contributed by atoms with van der Waals surface area (Å²) < 4.78 is 0. The van der Waals surface area contributed by atoms with Crippen LogP contribution in [-0.2, 0) is 0 Å². The topological polar surface area (TPSA) is 49.3 Å². The molecule has 1 heterocycles. The number of carbonyl (C=O) groups is 1. The SMILES string of the molecule is Cc1ccc([C@@H]2CCCN2)cc1C(=O)O. The van der Waals surface area contributed by atoms with Gasteiger partial charge < -0.3 is 10.4 Å². The number of nitrogens with one attached hydrogen (secondary N) is 1. The van der Waals surface area contributed by atoms with Crippen molar-refractivity contribution in [3.63, 3.8) is 0 Å². The Bertz CT molecular complexity index is 381. The van der Waals surface area contributed by atoms with Crippen LogP contribution in [-0.4, -0.2) is 17.6 Å². The van der Waals surface area contributed by atoms with Crippen LogP contribution in [0.4, 0.5) is 0 Å². The summed E-state index contributed by atoms with van der Waals surface area (Å²) >= 11 is 0. The van der Waals surface area contributed by atoms with Crippen LogP contribution in [0.5, 0.6) is 0 Å². The summed E-state index contributed by atoms with van der Waals surface area (Å²) in [4.78, 5) is 11.0. The molecule has 3 nitrogen and oxygen atoms in total. The Morgan fingerprint density at radius 2 is 2.33 bits per heavy atom. The molecule has 1 aliphatic heterocycles. The number of carboxylic acids is 1. The Morgan fingerprint density at radius 1 is 1.53 bits per heavy atom. The molecule has 0 radical (unpaired) electrons. The molecule has 0 spiro atoms. The minimum atomic E-state index is -0.840. The first-order valence-corrected chi connectivity index (χ1v) is 5.25. The Labute approximate surface area is 89.1 Å². The van der Waals surface area contributed by atoms with Crippen molar-refractivity contribution in [1.29, 1.82) is 0 Å². The van der Waals surface area contributed by atoms with Gasteiger partial charge in [0, 0.05) is 6.04 Å². The third-order valence-corrected chi connectivity index (χ3v) is 2.95. The maximum Gasteiger partial charge on any atom is 0.335 e. The van der Waals surface area contributed by atoms with E-state index in [4.69, 9.17) is 5.11 Å². The van der Waals surface area contributed by atoms with E-state index in [0.717, 1.165) is 24.1 Å². The van der Waals surface area contributed by atoms with Gasteiger partial charge in [0.1, 0.15) is 0 Å². The van der Waals surface area contributed by atoms with Gasteiger partial charge in [0.05, 0.1) is 5.56 Å². The van der Waals surface area contributed by atoms with Crippen LogP contribution in [0.25, 0.3) is 0 Å². The summed E-state index contributed by atoms with van der Waals surface area (Å²) in [6.07, 6.45) is 2.27. The van der Waals surface area contributed by atoms with E-state index in [2.05, 4.69) is 5.32 Å². The molecule has 1 saturated heterocycles. The summed E-state index contributed by atoms with van der Waals surface area (Å²) in [5.41, 5.74) is 2.33. The first-order chi connectivity index (χ1) is 7.18. The first kappa shape index (κ1) is 10.2. The molecule has 0 aliphatic carbocycles.